The van der Waals surface area contributed by atoms with E-state index in [1.807, 2.05) is 54.6 Å². The third-order valence-electron chi connectivity index (χ3n) is 4.13. The van der Waals surface area contributed by atoms with E-state index in [9.17, 15) is 9.59 Å². The highest BCUT2D eigenvalue weighted by molar-refractivity contribution is 6.01. The summed E-state index contributed by atoms with van der Waals surface area (Å²) in [6.07, 6.45) is 0. The van der Waals surface area contributed by atoms with Crippen molar-refractivity contribution in [1.29, 1.82) is 0 Å². The lowest BCUT2D eigenvalue weighted by Gasteiger charge is -2.06. The Bertz CT molecular complexity index is 1150. The summed E-state index contributed by atoms with van der Waals surface area (Å²) in [6.45, 7) is 0. The molecule has 4 rings (SSSR count). The predicted molar refractivity (Wildman–Crippen MR) is 97.0 cm³/mol. The average molecular weight is 333 g/mol. The number of hydrogen-bond donors (Lipinski definition) is 3. The maximum absolute atomic E-state index is 12.4. The predicted octanol–water partition coefficient (Wildman–Crippen LogP) is 2.89. The molecule has 6 heteroatoms. The molecule has 0 radical (unpaired) electrons. The zero-order valence-electron chi connectivity index (χ0n) is 13.4. The molecule has 3 N–H and O–H groups in total. The summed E-state index contributed by atoms with van der Waals surface area (Å²) in [5.74, 6) is 0.729. The third-order valence-corrected chi connectivity index (χ3v) is 4.13. The number of rotatable bonds is 3. The van der Waals surface area contributed by atoms with Gasteiger partial charge >= 0.3 is 5.69 Å². The number of aromatic amines is 3. The zero-order valence-corrected chi connectivity index (χ0v) is 13.4. The molecule has 0 saturated heterocycles. The summed E-state index contributed by atoms with van der Waals surface area (Å²) < 4.78 is 5.21. The molecule has 2 aromatic heterocycles. The molecule has 0 saturated carbocycles. The summed E-state index contributed by atoms with van der Waals surface area (Å²) in [7, 11) is 1.60. The van der Waals surface area contributed by atoms with Gasteiger partial charge in [0, 0.05) is 5.56 Å². The Morgan fingerprint density at radius 2 is 1.52 bits per heavy atom. The van der Waals surface area contributed by atoms with E-state index in [0.717, 1.165) is 28.1 Å². The lowest BCUT2D eigenvalue weighted by molar-refractivity contribution is 0.415. The largest absolute Gasteiger partial charge is 0.497 e. The molecule has 6 nitrogen and oxygen atoms in total. The van der Waals surface area contributed by atoms with Crippen molar-refractivity contribution in [1.82, 2.24) is 15.0 Å². The Labute approximate surface area is 142 Å². The van der Waals surface area contributed by atoms with Crippen LogP contribution >= 0.6 is 0 Å². The molecule has 25 heavy (non-hydrogen) atoms. The number of methoxy groups -OCH3 is 1. The van der Waals surface area contributed by atoms with Gasteiger partial charge in [-0.3, -0.25) is 14.8 Å². The fraction of sp³-hybridized carbons (Fsp3) is 0.0526. The molecule has 0 unspecified atom stereocenters. The summed E-state index contributed by atoms with van der Waals surface area (Å²) in [5.41, 5.74) is 2.71. The lowest BCUT2D eigenvalue weighted by atomic mass is 9.99. The lowest BCUT2D eigenvalue weighted by Crippen LogP contribution is -2.21. The van der Waals surface area contributed by atoms with Gasteiger partial charge in [0.05, 0.1) is 18.2 Å². The van der Waals surface area contributed by atoms with E-state index < -0.39 is 11.2 Å². The van der Waals surface area contributed by atoms with Crippen LogP contribution in [0.3, 0.4) is 0 Å². The number of benzene rings is 2. The molecule has 124 valence electrons. The summed E-state index contributed by atoms with van der Waals surface area (Å²) in [4.78, 5) is 32.2. The van der Waals surface area contributed by atoms with E-state index in [0.29, 0.717) is 11.0 Å². The van der Waals surface area contributed by atoms with Crippen LogP contribution < -0.4 is 16.0 Å². The van der Waals surface area contributed by atoms with Gasteiger partial charge in [0.1, 0.15) is 11.4 Å². The fourth-order valence-corrected chi connectivity index (χ4v) is 3.00. The van der Waals surface area contributed by atoms with Gasteiger partial charge < -0.3 is 9.72 Å². The molecular weight excluding hydrogens is 318 g/mol. The summed E-state index contributed by atoms with van der Waals surface area (Å²) >= 11 is 0. The van der Waals surface area contributed by atoms with Crippen LogP contribution in [-0.4, -0.2) is 22.1 Å². The van der Waals surface area contributed by atoms with E-state index >= 15 is 0 Å². The number of hydrogen-bond acceptors (Lipinski definition) is 3. The van der Waals surface area contributed by atoms with Gasteiger partial charge in [-0.2, -0.15) is 0 Å². The van der Waals surface area contributed by atoms with Gasteiger partial charge in [0.15, 0.2) is 0 Å². The van der Waals surface area contributed by atoms with Crippen molar-refractivity contribution in [3.05, 3.63) is 75.4 Å². The zero-order chi connectivity index (χ0) is 17.4. The van der Waals surface area contributed by atoms with E-state index in [2.05, 4.69) is 15.0 Å². The van der Waals surface area contributed by atoms with Crippen LogP contribution in [0.4, 0.5) is 0 Å². The standard InChI is InChI=1S/C19H15N3O3/c1-25-13-9-7-11(8-10-13)14-15-17(21-19(24)22-18(15)23)20-16(14)12-5-3-2-4-6-12/h2-10H,1H3,(H3,20,21,22,23,24). The van der Waals surface area contributed by atoms with Crippen LogP contribution in [0.2, 0.25) is 0 Å². The number of nitrogens with one attached hydrogen (secondary N) is 3. The van der Waals surface area contributed by atoms with Crippen LogP contribution in [0, 0.1) is 0 Å². The molecule has 2 aromatic carbocycles. The van der Waals surface area contributed by atoms with Crippen molar-refractivity contribution >= 4 is 11.0 Å². The van der Waals surface area contributed by atoms with E-state index in [4.69, 9.17) is 4.74 Å². The molecule has 0 atom stereocenters. The molecule has 0 aliphatic rings. The van der Waals surface area contributed by atoms with Crippen molar-refractivity contribution in [3.63, 3.8) is 0 Å². The Balaban J connectivity index is 2.09. The van der Waals surface area contributed by atoms with Crippen LogP contribution in [-0.2, 0) is 0 Å². The molecule has 0 bridgehead atoms. The van der Waals surface area contributed by atoms with Crippen molar-refractivity contribution < 1.29 is 4.74 Å². The highest BCUT2D eigenvalue weighted by Crippen LogP contribution is 2.36. The Hall–Kier alpha value is -3.54. The van der Waals surface area contributed by atoms with Crippen molar-refractivity contribution in [3.8, 4) is 28.1 Å². The number of aromatic nitrogens is 3. The molecule has 0 aliphatic heterocycles. The first kappa shape index (κ1) is 15.0. The minimum Gasteiger partial charge on any atom is -0.497 e. The maximum atomic E-state index is 12.4. The van der Waals surface area contributed by atoms with Gasteiger partial charge in [0.2, 0.25) is 0 Å². The van der Waals surface area contributed by atoms with Crippen LogP contribution in [0.1, 0.15) is 0 Å². The molecule has 0 amide bonds. The van der Waals surface area contributed by atoms with Crippen LogP contribution in [0.25, 0.3) is 33.4 Å². The highest BCUT2D eigenvalue weighted by Gasteiger charge is 2.18. The first-order chi connectivity index (χ1) is 12.2. The molecule has 0 spiro atoms. The molecule has 4 aromatic rings. The Morgan fingerprint density at radius 3 is 2.20 bits per heavy atom. The fourth-order valence-electron chi connectivity index (χ4n) is 3.00. The number of H-pyrrole nitrogens is 3. The molecule has 0 aliphatic carbocycles. The quantitative estimate of drug-likeness (QED) is 0.538. The topological polar surface area (TPSA) is 90.7 Å². The van der Waals surface area contributed by atoms with Crippen molar-refractivity contribution in [2.45, 2.75) is 0 Å². The second kappa shape index (κ2) is 5.83. The minimum absolute atomic E-state index is 0.401. The van der Waals surface area contributed by atoms with Gasteiger partial charge in [-0.25, -0.2) is 4.79 Å². The highest BCUT2D eigenvalue weighted by atomic mass is 16.5. The van der Waals surface area contributed by atoms with E-state index in [-0.39, 0.29) is 0 Å². The van der Waals surface area contributed by atoms with Crippen molar-refractivity contribution in [2.24, 2.45) is 0 Å². The smallest absolute Gasteiger partial charge is 0.327 e. The second-order valence-electron chi connectivity index (χ2n) is 5.63. The van der Waals surface area contributed by atoms with Gasteiger partial charge in [-0.1, -0.05) is 42.5 Å². The van der Waals surface area contributed by atoms with Gasteiger partial charge in [0.25, 0.3) is 5.56 Å². The first-order valence-electron chi connectivity index (χ1n) is 7.75. The first-order valence-corrected chi connectivity index (χ1v) is 7.75. The van der Waals surface area contributed by atoms with E-state index in [1.54, 1.807) is 7.11 Å². The van der Waals surface area contributed by atoms with Crippen LogP contribution in [0.15, 0.2) is 64.2 Å². The minimum atomic E-state index is -0.542. The van der Waals surface area contributed by atoms with E-state index in [1.165, 1.54) is 0 Å². The summed E-state index contributed by atoms with van der Waals surface area (Å²) in [5, 5.41) is 0.420. The number of fused-ring (bicyclic) bond motifs is 1. The second-order valence-corrected chi connectivity index (χ2v) is 5.63. The summed E-state index contributed by atoms with van der Waals surface area (Å²) in [6, 6.07) is 17.1. The van der Waals surface area contributed by atoms with Crippen molar-refractivity contribution in [2.75, 3.05) is 7.11 Å². The maximum Gasteiger partial charge on any atom is 0.327 e. The van der Waals surface area contributed by atoms with Crippen LogP contribution in [0.5, 0.6) is 5.75 Å². The SMILES string of the molecule is COc1ccc(-c2c(-c3ccccc3)[nH]c3[nH]c(=O)[nH]c(=O)c23)cc1. The van der Waals surface area contributed by atoms with Gasteiger partial charge in [-0.15, -0.1) is 0 Å². The molecule has 0 fully saturated rings. The third kappa shape index (κ3) is 2.53. The molecule has 2 heterocycles. The van der Waals surface area contributed by atoms with Gasteiger partial charge in [-0.05, 0) is 23.3 Å². The monoisotopic (exact) mass is 333 g/mol. The number of ether oxygens (including phenoxy) is 1. The normalized spacial score (nSPS) is 10.9. The molecular formula is C19H15N3O3. The Kier molecular flexibility index (Phi) is 3.50. The Morgan fingerprint density at radius 1 is 0.800 bits per heavy atom. The average Bonchev–Trinajstić information content (AvgIpc) is 3.02.